The minimum atomic E-state index is -0.910. The van der Waals surface area contributed by atoms with E-state index in [9.17, 15) is 13.6 Å². The first-order chi connectivity index (χ1) is 10.6. The van der Waals surface area contributed by atoms with Gasteiger partial charge in [0.1, 0.15) is 12.4 Å². The van der Waals surface area contributed by atoms with Crippen molar-refractivity contribution in [1.82, 2.24) is 0 Å². The first-order valence-corrected chi connectivity index (χ1v) is 6.68. The molecule has 3 rings (SSSR count). The number of halogens is 2. The van der Waals surface area contributed by atoms with Crippen LogP contribution in [0.3, 0.4) is 0 Å². The first kappa shape index (κ1) is 14.3. The van der Waals surface area contributed by atoms with Crippen LogP contribution in [0.4, 0.5) is 14.5 Å². The van der Waals surface area contributed by atoms with Crippen LogP contribution in [0.15, 0.2) is 36.4 Å². The third-order valence-corrected chi connectivity index (χ3v) is 3.42. The van der Waals surface area contributed by atoms with Gasteiger partial charge in [0.2, 0.25) is 0 Å². The van der Waals surface area contributed by atoms with E-state index >= 15 is 0 Å². The zero-order chi connectivity index (χ0) is 15.7. The number of carbonyl (C=O) groups excluding carboxylic acids is 1. The summed E-state index contributed by atoms with van der Waals surface area (Å²) in [6.45, 7) is 0.634. The summed E-state index contributed by atoms with van der Waals surface area (Å²) >= 11 is 0. The summed E-state index contributed by atoms with van der Waals surface area (Å²) in [4.78, 5) is 14.0. The summed E-state index contributed by atoms with van der Waals surface area (Å²) in [5, 5.41) is 0. The van der Waals surface area contributed by atoms with E-state index in [1.54, 1.807) is 24.3 Å². The predicted molar refractivity (Wildman–Crippen MR) is 76.5 cm³/mol. The van der Waals surface area contributed by atoms with Gasteiger partial charge < -0.3 is 14.4 Å². The van der Waals surface area contributed by atoms with E-state index in [4.69, 9.17) is 4.74 Å². The molecule has 1 heterocycles. The maximum absolute atomic E-state index is 13.8. The van der Waals surface area contributed by atoms with Crippen LogP contribution in [0.1, 0.15) is 10.4 Å². The molecule has 0 saturated heterocycles. The monoisotopic (exact) mass is 305 g/mol. The summed E-state index contributed by atoms with van der Waals surface area (Å²) in [6, 6.07) is 8.97. The highest BCUT2D eigenvalue weighted by atomic mass is 19.1. The van der Waals surface area contributed by atoms with E-state index in [1.165, 1.54) is 12.0 Å². The Bertz CT molecular complexity index is 710. The van der Waals surface area contributed by atoms with Crippen LogP contribution in [0.25, 0.3) is 0 Å². The van der Waals surface area contributed by atoms with Gasteiger partial charge in [-0.25, -0.2) is 8.78 Å². The van der Waals surface area contributed by atoms with E-state index in [1.807, 2.05) is 0 Å². The molecule has 0 unspecified atom stereocenters. The molecule has 0 bridgehead atoms. The molecular formula is C16H13F2NO3. The minimum absolute atomic E-state index is 0.0764. The molecule has 0 aromatic heterocycles. The van der Waals surface area contributed by atoms with Gasteiger partial charge in [0, 0.05) is 5.56 Å². The largest absolute Gasteiger partial charge is 0.491 e. The molecule has 0 fully saturated rings. The maximum Gasteiger partial charge on any atom is 0.258 e. The molecule has 0 N–H and O–H groups in total. The fourth-order valence-electron chi connectivity index (χ4n) is 2.41. The molecule has 4 nitrogen and oxygen atoms in total. The smallest absolute Gasteiger partial charge is 0.258 e. The Kier molecular flexibility index (Phi) is 3.66. The quantitative estimate of drug-likeness (QED) is 0.856. The zero-order valence-corrected chi connectivity index (χ0v) is 11.8. The van der Waals surface area contributed by atoms with Crippen LogP contribution in [0.5, 0.6) is 11.5 Å². The number of ether oxygens (including phenoxy) is 2. The second-order valence-electron chi connectivity index (χ2n) is 4.75. The molecule has 1 aliphatic heterocycles. The van der Waals surface area contributed by atoms with Gasteiger partial charge in [-0.1, -0.05) is 12.1 Å². The van der Waals surface area contributed by atoms with E-state index in [-0.39, 0.29) is 5.56 Å². The summed E-state index contributed by atoms with van der Waals surface area (Å²) in [6.07, 6.45) is 0. The first-order valence-electron chi connectivity index (χ1n) is 6.68. The van der Waals surface area contributed by atoms with Crippen LogP contribution in [-0.2, 0) is 0 Å². The number of carbonyl (C=O) groups is 1. The number of anilines is 1. The number of amides is 1. The lowest BCUT2D eigenvalue weighted by Gasteiger charge is -2.29. The lowest BCUT2D eigenvalue weighted by Crippen LogP contribution is -2.38. The highest BCUT2D eigenvalue weighted by Gasteiger charge is 2.26. The standard InChI is InChI=1S/C16H13F2NO3/c1-21-15-11(17)8-10(9-12(15)18)16(20)19-6-7-22-14-5-3-2-4-13(14)19/h2-5,8-9H,6-7H2,1H3. The van der Waals surface area contributed by atoms with Gasteiger partial charge >= 0.3 is 0 Å². The van der Waals surface area contributed by atoms with Crippen molar-refractivity contribution in [3.63, 3.8) is 0 Å². The van der Waals surface area contributed by atoms with E-state index < -0.39 is 23.3 Å². The zero-order valence-electron chi connectivity index (χ0n) is 11.8. The molecule has 0 spiro atoms. The number of rotatable bonds is 2. The van der Waals surface area contributed by atoms with Gasteiger partial charge in [-0.3, -0.25) is 4.79 Å². The Labute approximate surface area is 125 Å². The van der Waals surface area contributed by atoms with Crippen LogP contribution in [0.2, 0.25) is 0 Å². The third kappa shape index (κ3) is 2.36. The second kappa shape index (κ2) is 5.63. The van der Waals surface area contributed by atoms with E-state index in [0.717, 1.165) is 12.1 Å². The van der Waals surface area contributed by atoms with Crippen molar-refractivity contribution in [3.05, 3.63) is 53.6 Å². The van der Waals surface area contributed by atoms with Crippen LogP contribution in [0, 0.1) is 11.6 Å². The summed E-state index contributed by atoms with van der Waals surface area (Å²) in [5.41, 5.74) is 0.503. The topological polar surface area (TPSA) is 38.8 Å². The van der Waals surface area contributed by atoms with Crippen LogP contribution < -0.4 is 14.4 Å². The Morgan fingerprint density at radius 3 is 2.59 bits per heavy atom. The summed E-state index contributed by atoms with van der Waals surface area (Å²) in [5.74, 6) is -2.24. The normalized spacial score (nSPS) is 13.3. The average Bonchev–Trinajstić information content (AvgIpc) is 2.53. The molecule has 0 radical (unpaired) electrons. The number of hydrogen-bond donors (Lipinski definition) is 0. The van der Waals surface area contributed by atoms with Gasteiger partial charge in [0.25, 0.3) is 5.91 Å². The van der Waals surface area contributed by atoms with Gasteiger partial charge in [-0.15, -0.1) is 0 Å². The van der Waals surface area contributed by atoms with Crippen molar-refractivity contribution in [3.8, 4) is 11.5 Å². The Morgan fingerprint density at radius 1 is 1.23 bits per heavy atom. The molecular weight excluding hydrogens is 292 g/mol. The Morgan fingerprint density at radius 2 is 1.91 bits per heavy atom. The van der Waals surface area contributed by atoms with Crippen molar-refractivity contribution in [1.29, 1.82) is 0 Å². The SMILES string of the molecule is COc1c(F)cc(C(=O)N2CCOc3ccccc32)cc1F. The fraction of sp³-hybridized carbons (Fsp3) is 0.188. The number of methoxy groups -OCH3 is 1. The Hall–Kier alpha value is -2.63. The predicted octanol–water partition coefficient (Wildman–Crippen LogP) is 3.01. The van der Waals surface area contributed by atoms with Crippen molar-refractivity contribution < 1.29 is 23.0 Å². The van der Waals surface area contributed by atoms with Crippen molar-refractivity contribution >= 4 is 11.6 Å². The number of fused-ring (bicyclic) bond motifs is 1. The number of hydrogen-bond acceptors (Lipinski definition) is 3. The summed E-state index contributed by atoms with van der Waals surface area (Å²) in [7, 11) is 1.17. The molecule has 114 valence electrons. The number of para-hydroxylation sites is 2. The van der Waals surface area contributed by atoms with Crippen molar-refractivity contribution in [2.45, 2.75) is 0 Å². The molecule has 22 heavy (non-hydrogen) atoms. The van der Waals surface area contributed by atoms with Crippen LogP contribution >= 0.6 is 0 Å². The molecule has 2 aromatic rings. The molecule has 1 amide bonds. The van der Waals surface area contributed by atoms with E-state index in [0.29, 0.717) is 24.6 Å². The fourth-order valence-corrected chi connectivity index (χ4v) is 2.41. The van der Waals surface area contributed by atoms with Gasteiger partial charge in [-0.05, 0) is 24.3 Å². The highest BCUT2D eigenvalue weighted by molar-refractivity contribution is 6.07. The Balaban J connectivity index is 1.99. The molecule has 0 aliphatic carbocycles. The van der Waals surface area contributed by atoms with Gasteiger partial charge in [0.15, 0.2) is 17.4 Å². The summed E-state index contributed by atoms with van der Waals surface area (Å²) < 4.78 is 37.6. The highest BCUT2D eigenvalue weighted by Crippen LogP contribution is 2.32. The lowest BCUT2D eigenvalue weighted by molar-refractivity contribution is 0.0975. The third-order valence-electron chi connectivity index (χ3n) is 3.42. The van der Waals surface area contributed by atoms with Crippen molar-refractivity contribution in [2.24, 2.45) is 0 Å². The lowest BCUT2D eigenvalue weighted by atomic mass is 10.1. The molecule has 6 heteroatoms. The number of benzene rings is 2. The van der Waals surface area contributed by atoms with Crippen molar-refractivity contribution in [2.75, 3.05) is 25.2 Å². The molecule has 0 saturated carbocycles. The molecule has 1 aliphatic rings. The maximum atomic E-state index is 13.8. The van der Waals surface area contributed by atoms with E-state index in [2.05, 4.69) is 4.74 Å². The second-order valence-corrected chi connectivity index (χ2v) is 4.75. The van der Waals surface area contributed by atoms with Gasteiger partial charge in [0.05, 0.1) is 19.3 Å². The molecule has 0 atom stereocenters. The van der Waals surface area contributed by atoms with Crippen LogP contribution in [-0.4, -0.2) is 26.2 Å². The average molecular weight is 305 g/mol. The van der Waals surface area contributed by atoms with Gasteiger partial charge in [-0.2, -0.15) is 0 Å². The molecule has 2 aromatic carbocycles. The minimum Gasteiger partial charge on any atom is -0.491 e. The number of nitrogens with zero attached hydrogens (tertiary/aromatic N) is 1.